The first-order valence-electron chi connectivity index (χ1n) is 8.41. The van der Waals surface area contributed by atoms with Crippen molar-refractivity contribution in [2.45, 2.75) is 39.7 Å². The standard InChI is InChI=1S/C15H29N3O2S/c1-4-15-14-7-16-6-13(14)10-18(15)21(19,20)17-8-11(2)5-12(3)9-17/h11-16H,4-10H2,1-3H3. The van der Waals surface area contributed by atoms with E-state index in [1.165, 1.54) is 0 Å². The highest BCUT2D eigenvalue weighted by Gasteiger charge is 2.49. The van der Waals surface area contributed by atoms with E-state index in [-0.39, 0.29) is 6.04 Å². The van der Waals surface area contributed by atoms with Crippen LogP contribution in [-0.4, -0.2) is 55.8 Å². The summed E-state index contributed by atoms with van der Waals surface area (Å²) in [5, 5.41) is 3.42. The topological polar surface area (TPSA) is 52.7 Å². The van der Waals surface area contributed by atoms with Crippen LogP contribution in [0.1, 0.15) is 33.6 Å². The van der Waals surface area contributed by atoms with Crippen molar-refractivity contribution in [1.82, 2.24) is 13.9 Å². The highest BCUT2D eigenvalue weighted by Crippen LogP contribution is 2.37. The fourth-order valence-electron chi connectivity index (χ4n) is 4.70. The summed E-state index contributed by atoms with van der Waals surface area (Å²) in [6.45, 7) is 10.5. The van der Waals surface area contributed by atoms with Crippen molar-refractivity contribution in [3.63, 3.8) is 0 Å². The normalized spacial score (nSPS) is 42.3. The number of fused-ring (bicyclic) bond motifs is 1. The van der Waals surface area contributed by atoms with Crippen molar-refractivity contribution < 1.29 is 8.42 Å². The van der Waals surface area contributed by atoms with Crippen LogP contribution in [0.5, 0.6) is 0 Å². The van der Waals surface area contributed by atoms with Crippen LogP contribution in [0.25, 0.3) is 0 Å². The molecular formula is C15H29N3O2S. The maximum absolute atomic E-state index is 13.1. The summed E-state index contributed by atoms with van der Waals surface area (Å²) in [6.07, 6.45) is 2.05. The monoisotopic (exact) mass is 315 g/mol. The molecule has 0 aromatic heterocycles. The van der Waals surface area contributed by atoms with Gasteiger partial charge in [-0.25, -0.2) is 0 Å². The Morgan fingerprint density at radius 1 is 1.10 bits per heavy atom. The van der Waals surface area contributed by atoms with Gasteiger partial charge in [-0.05, 0) is 49.6 Å². The van der Waals surface area contributed by atoms with Crippen LogP contribution in [0.2, 0.25) is 0 Å². The van der Waals surface area contributed by atoms with Gasteiger partial charge in [-0.3, -0.25) is 0 Å². The van der Waals surface area contributed by atoms with Gasteiger partial charge in [0.05, 0.1) is 0 Å². The van der Waals surface area contributed by atoms with E-state index in [1.54, 1.807) is 4.31 Å². The molecule has 0 saturated carbocycles. The average molecular weight is 315 g/mol. The molecule has 0 aliphatic carbocycles. The largest absolute Gasteiger partial charge is 0.316 e. The number of nitrogens with zero attached hydrogens (tertiary/aromatic N) is 2. The van der Waals surface area contributed by atoms with Crippen LogP contribution in [0, 0.1) is 23.7 Å². The summed E-state index contributed by atoms with van der Waals surface area (Å²) in [7, 11) is -3.29. The third kappa shape index (κ3) is 2.76. The van der Waals surface area contributed by atoms with Gasteiger partial charge < -0.3 is 5.32 Å². The molecule has 0 aromatic rings. The Hall–Kier alpha value is -0.170. The zero-order valence-electron chi connectivity index (χ0n) is 13.5. The van der Waals surface area contributed by atoms with Crippen molar-refractivity contribution >= 4 is 10.2 Å². The first-order chi connectivity index (χ1) is 9.93. The van der Waals surface area contributed by atoms with Crippen molar-refractivity contribution in [3.05, 3.63) is 0 Å². The van der Waals surface area contributed by atoms with E-state index >= 15 is 0 Å². The van der Waals surface area contributed by atoms with Gasteiger partial charge in [0, 0.05) is 25.7 Å². The summed E-state index contributed by atoms with van der Waals surface area (Å²) in [4.78, 5) is 0. The van der Waals surface area contributed by atoms with Crippen LogP contribution in [0.4, 0.5) is 0 Å². The first kappa shape index (κ1) is 15.7. The van der Waals surface area contributed by atoms with E-state index in [0.29, 0.717) is 43.3 Å². The molecule has 3 aliphatic heterocycles. The van der Waals surface area contributed by atoms with E-state index < -0.39 is 10.2 Å². The molecule has 3 aliphatic rings. The molecule has 3 heterocycles. The van der Waals surface area contributed by atoms with Gasteiger partial charge in [0.15, 0.2) is 0 Å². The minimum Gasteiger partial charge on any atom is -0.316 e. The molecule has 3 saturated heterocycles. The molecule has 1 N–H and O–H groups in total. The van der Waals surface area contributed by atoms with Crippen molar-refractivity contribution in [2.75, 3.05) is 32.7 Å². The number of rotatable bonds is 3. The SMILES string of the molecule is CCC1C2CNCC2CN1S(=O)(=O)N1CC(C)CC(C)C1. The molecule has 0 spiro atoms. The molecule has 0 aromatic carbocycles. The lowest BCUT2D eigenvalue weighted by molar-refractivity contribution is 0.203. The minimum absolute atomic E-state index is 0.183. The van der Waals surface area contributed by atoms with Gasteiger partial charge in [0.25, 0.3) is 10.2 Å². The van der Waals surface area contributed by atoms with Gasteiger partial charge >= 0.3 is 0 Å². The molecule has 0 amide bonds. The van der Waals surface area contributed by atoms with Crippen LogP contribution in [0.3, 0.4) is 0 Å². The van der Waals surface area contributed by atoms with Crippen LogP contribution in [-0.2, 0) is 10.2 Å². The maximum Gasteiger partial charge on any atom is 0.282 e. The van der Waals surface area contributed by atoms with Crippen molar-refractivity contribution in [1.29, 1.82) is 0 Å². The molecule has 3 fully saturated rings. The van der Waals surface area contributed by atoms with Gasteiger partial charge in [-0.15, -0.1) is 0 Å². The third-order valence-electron chi connectivity index (χ3n) is 5.55. The van der Waals surface area contributed by atoms with E-state index in [0.717, 1.165) is 25.9 Å². The van der Waals surface area contributed by atoms with Gasteiger partial charge in [-0.1, -0.05) is 20.8 Å². The molecule has 6 heteroatoms. The molecule has 122 valence electrons. The Labute approximate surface area is 129 Å². The Kier molecular flexibility index (Phi) is 4.34. The Morgan fingerprint density at radius 3 is 2.38 bits per heavy atom. The lowest BCUT2D eigenvalue weighted by Crippen LogP contribution is -2.51. The number of piperidine rings is 1. The van der Waals surface area contributed by atoms with E-state index in [2.05, 4.69) is 26.1 Å². The molecule has 0 radical (unpaired) electrons. The molecule has 5 atom stereocenters. The minimum atomic E-state index is -3.29. The zero-order chi connectivity index (χ0) is 15.2. The molecule has 0 bridgehead atoms. The van der Waals surface area contributed by atoms with Gasteiger partial charge in [0.1, 0.15) is 0 Å². The smallest absolute Gasteiger partial charge is 0.282 e. The van der Waals surface area contributed by atoms with Crippen molar-refractivity contribution in [2.24, 2.45) is 23.7 Å². The predicted molar refractivity (Wildman–Crippen MR) is 84.1 cm³/mol. The highest BCUT2D eigenvalue weighted by atomic mass is 32.2. The lowest BCUT2D eigenvalue weighted by Gasteiger charge is -2.38. The molecule has 3 rings (SSSR count). The van der Waals surface area contributed by atoms with Crippen molar-refractivity contribution in [3.8, 4) is 0 Å². The quantitative estimate of drug-likeness (QED) is 0.850. The molecule has 21 heavy (non-hydrogen) atoms. The summed E-state index contributed by atoms with van der Waals surface area (Å²) < 4.78 is 29.8. The Morgan fingerprint density at radius 2 is 1.76 bits per heavy atom. The number of hydrogen-bond donors (Lipinski definition) is 1. The van der Waals surface area contributed by atoms with E-state index in [9.17, 15) is 8.42 Å². The number of nitrogens with one attached hydrogen (secondary N) is 1. The lowest BCUT2D eigenvalue weighted by atomic mass is 9.93. The van der Waals surface area contributed by atoms with E-state index in [4.69, 9.17) is 0 Å². The molecular weight excluding hydrogens is 286 g/mol. The summed E-state index contributed by atoms with van der Waals surface area (Å²) in [6, 6.07) is 0.183. The maximum atomic E-state index is 13.1. The molecule has 5 nitrogen and oxygen atoms in total. The van der Waals surface area contributed by atoms with Gasteiger partial charge in [-0.2, -0.15) is 17.0 Å². The van der Waals surface area contributed by atoms with Crippen LogP contribution < -0.4 is 5.32 Å². The fourth-order valence-corrected chi connectivity index (χ4v) is 6.91. The van der Waals surface area contributed by atoms with Crippen LogP contribution in [0.15, 0.2) is 0 Å². The highest BCUT2D eigenvalue weighted by molar-refractivity contribution is 7.86. The fraction of sp³-hybridized carbons (Fsp3) is 1.00. The predicted octanol–water partition coefficient (Wildman–Crippen LogP) is 1.14. The Balaban J connectivity index is 1.81. The van der Waals surface area contributed by atoms with Crippen LogP contribution >= 0.6 is 0 Å². The second-order valence-corrected chi connectivity index (χ2v) is 9.28. The first-order valence-corrected chi connectivity index (χ1v) is 9.80. The summed E-state index contributed by atoms with van der Waals surface area (Å²) >= 11 is 0. The summed E-state index contributed by atoms with van der Waals surface area (Å²) in [5.74, 6) is 1.94. The second-order valence-electron chi connectivity index (χ2n) is 7.40. The molecule has 5 unspecified atom stereocenters. The third-order valence-corrected chi connectivity index (χ3v) is 7.51. The second kappa shape index (κ2) is 5.80. The number of hydrogen-bond acceptors (Lipinski definition) is 3. The Bertz CT molecular complexity index is 471. The van der Waals surface area contributed by atoms with E-state index in [1.807, 2.05) is 4.31 Å². The van der Waals surface area contributed by atoms with Gasteiger partial charge in [0.2, 0.25) is 0 Å². The summed E-state index contributed by atoms with van der Waals surface area (Å²) in [5.41, 5.74) is 0. The zero-order valence-corrected chi connectivity index (χ0v) is 14.3. The average Bonchev–Trinajstić information content (AvgIpc) is 2.97.